The second-order valence-electron chi connectivity index (χ2n) is 6.35. The zero-order valence-electron chi connectivity index (χ0n) is 17.0. The second kappa shape index (κ2) is 11.4. The molecule has 0 aliphatic heterocycles. The topological polar surface area (TPSA) is 60.7 Å². The summed E-state index contributed by atoms with van der Waals surface area (Å²) in [6.07, 6.45) is 2.43. The highest BCUT2D eigenvalue weighted by Gasteiger charge is 2.12. The molecule has 0 bridgehead atoms. The first-order valence-corrected chi connectivity index (χ1v) is 12.9. The predicted molar refractivity (Wildman–Crippen MR) is 127 cm³/mol. The van der Waals surface area contributed by atoms with Gasteiger partial charge in [0.1, 0.15) is 0 Å². The van der Waals surface area contributed by atoms with Crippen molar-refractivity contribution in [2.75, 3.05) is 24.4 Å². The SMILES string of the molecule is CCOC(=O)c1ccc2c(c1)sc(=NC(=O)CCSc1ccccc1)n2CCSC. The van der Waals surface area contributed by atoms with Crippen LogP contribution in [0, 0.1) is 0 Å². The monoisotopic (exact) mass is 460 g/mol. The van der Waals surface area contributed by atoms with Gasteiger partial charge in [-0.15, -0.1) is 11.8 Å². The molecule has 0 saturated carbocycles. The van der Waals surface area contributed by atoms with Gasteiger partial charge in [0.05, 0.1) is 22.4 Å². The third kappa shape index (κ3) is 6.00. The lowest BCUT2D eigenvalue weighted by atomic mass is 10.2. The highest BCUT2D eigenvalue weighted by molar-refractivity contribution is 7.99. The van der Waals surface area contributed by atoms with E-state index in [1.54, 1.807) is 36.5 Å². The maximum Gasteiger partial charge on any atom is 0.338 e. The number of carbonyl (C=O) groups excluding carboxylic acids is 2. The largest absolute Gasteiger partial charge is 0.462 e. The van der Waals surface area contributed by atoms with Gasteiger partial charge in [-0.1, -0.05) is 29.5 Å². The molecule has 5 nitrogen and oxygen atoms in total. The Morgan fingerprint density at radius 3 is 2.67 bits per heavy atom. The fraction of sp³-hybridized carbons (Fsp3) is 0.318. The van der Waals surface area contributed by atoms with Crippen molar-refractivity contribution < 1.29 is 14.3 Å². The van der Waals surface area contributed by atoms with Crippen molar-refractivity contribution in [2.45, 2.75) is 24.8 Å². The zero-order chi connectivity index (χ0) is 21.3. The van der Waals surface area contributed by atoms with Crippen LogP contribution in [0.25, 0.3) is 10.2 Å². The van der Waals surface area contributed by atoms with Gasteiger partial charge >= 0.3 is 5.97 Å². The summed E-state index contributed by atoms with van der Waals surface area (Å²) >= 11 is 4.83. The number of carbonyl (C=O) groups is 2. The van der Waals surface area contributed by atoms with Crippen LogP contribution in [-0.2, 0) is 16.1 Å². The number of aryl methyl sites for hydroxylation is 1. The normalized spacial score (nSPS) is 11.7. The number of aromatic nitrogens is 1. The molecule has 0 N–H and O–H groups in total. The maximum absolute atomic E-state index is 12.5. The minimum atomic E-state index is -0.337. The van der Waals surface area contributed by atoms with Crippen LogP contribution >= 0.6 is 34.9 Å². The van der Waals surface area contributed by atoms with Crippen LogP contribution in [0.1, 0.15) is 23.7 Å². The molecule has 0 atom stereocenters. The van der Waals surface area contributed by atoms with Crippen molar-refractivity contribution in [1.29, 1.82) is 0 Å². The number of nitrogens with zero attached hydrogens (tertiary/aromatic N) is 2. The Morgan fingerprint density at radius 1 is 1.13 bits per heavy atom. The minimum Gasteiger partial charge on any atom is -0.462 e. The molecule has 1 amide bonds. The highest BCUT2D eigenvalue weighted by Crippen LogP contribution is 2.21. The summed E-state index contributed by atoms with van der Waals surface area (Å²) in [5.41, 5.74) is 1.49. The first kappa shape index (κ1) is 22.7. The second-order valence-corrected chi connectivity index (χ2v) is 9.51. The number of hydrogen-bond acceptors (Lipinski definition) is 6. The van der Waals surface area contributed by atoms with E-state index in [4.69, 9.17) is 4.74 Å². The van der Waals surface area contributed by atoms with Gasteiger partial charge in [0, 0.05) is 29.4 Å². The smallest absolute Gasteiger partial charge is 0.338 e. The van der Waals surface area contributed by atoms with Gasteiger partial charge in [-0.2, -0.15) is 16.8 Å². The molecular formula is C22H24N2O3S3. The van der Waals surface area contributed by atoms with Gasteiger partial charge in [-0.3, -0.25) is 4.79 Å². The van der Waals surface area contributed by atoms with Crippen molar-refractivity contribution in [2.24, 2.45) is 4.99 Å². The Hall–Kier alpha value is -2.03. The number of esters is 1. The van der Waals surface area contributed by atoms with Crippen molar-refractivity contribution in [3.8, 4) is 0 Å². The van der Waals surface area contributed by atoms with Crippen LogP contribution in [0.2, 0.25) is 0 Å². The molecule has 0 aliphatic carbocycles. The summed E-state index contributed by atoms with van der Waals surface area (Å²) in [6, 6.07) is 15.5. The van der Waals surface area contributed by atoms with E-state index in [1.165, 1.54) is 11.3 Å². The zero-order valence-corrected chi connectivity index (χ0v) is 19.4. The van der Waals surface area contributed by atoms with E-state index >= 15 is 0 Å². The van der Waals surface area contributed by atoms with Gasteiger partial charge in [-0.25, -0.2) is 4.79 Å². The molecule has 0 spiro atoms. The van der Waals surface area contributed by atoms with Crippen molar-refractivity contribution in [1.82, 2.24) is 4.57 Å². The first-order chi connectivity index (χ1) is 14.6. The van der Waals surface area contributed by atoms with Gasteiger partial charge in [0.15, 0.2) is 4.80 Å². The van der Waals surface area contributed by atoms with Crippen LogP contribution in [0.15, 0.2) is 58.4 Å². The highest BCUT2D eigenvalue weighted by atomic mass is 32.2. The molecule has 158 valence electrons. The molecule has 0 fully saturated rings. The molecule has 0 unspecified atom stereocenters. The maximum atomic E-state index is 12.5. The molecule has 30 heavy (non-hydrogen) atoms. The number of rotatable bonds is 9. The Kier molecular flexibility index (Phi) is 8.60. The summed E-state index contributed by atoms with van der Waals surface area (Å²) in [5, 5.41) is 0. The van der Waals surface area contributed by atoms with Gasteiger partial charge < -0.3 is 9.30 Å². The predicted octanol–water partition coefficient (Wildman–Crippen LogP) is 4.85. The van der Waals surface area contributed by atoms with Crippen LogP contribution in [0.3, 0.4) is 0 Å². The molecule has 3 aromatic rings. The summed E-state index contributed by atoms with van der Waals surface area (Å²) in [5.74, 6) is 1.13. The molecule has 1 heterocycles. The van der Waals surface area contributed by atoms with E-state index in [0.29, 0.717) is 29.1 Å². The van der Waals surface area contributed by atoms with Crippen molar-refractivity contribution >= 4 is 57.0 Å². The number of thiazole rings is 1. The van der Waals surface area contributed by atoms with Crippen molar-refractivity contribution in [3.05, 3.63) is 58.9 Å². The lowest BCUT2D eigenvalue weighted by Crippen LogP contribution is -2.18. The molecule has 1 aromatic heterocycles. The number of fused-ring (bicyclic) bond motifs is 1. The fourth-order valence-corrected chi connectivity index (χ4v) is 5.17. The lowest BCUT2D eigenvalue weighted by Gasteiger charge is -2.05. The standard InChI is InChI=1S/C22H24N2O3S3/c1-3-27-21(26)16-9-10-18-19(15-16)30-22(24(18)12-14-28-2)23-20(25)11-13-29-17-7-5-4-6-8-17/h4-10,15H,3,11-14H2,1-2H3. The van der Waals surface area contributed by atoms with E-state index < -0.39 is 0 Å². The van der Waals surface area contributed by atoms with E-state index in [2.05, 4.69) is 15.8 Å². The summed E-state index contributed by atoms with van der Waals surface area (Å²) < 4.78 is 8.09. The molecule has 0 saturated heterocycles. The summed E-state index contributed by atoms with van der Waals surface area (Å²) in [4.78, 5) is 30.8. The molecular weight excluding hydrogens is 436 g/mol. The Bertz CT molecular complexity index is 1070. The lowest BCUT2D eigenvalue weighted by molar-refractivity contribution is -0.117. The molecule has 3 rings (SSSR count). The van der Waals surface area contributed by atoms with E-state index in [0.717, 1.165) is 27.4 Å². The van der Waals surface area contributed by atoms with E-state index in [9.17, 15) is 9.59 Å². The molecule has 0 aliphatic rings. The third-order valence-electron chi connectivity index (χ3n) is 4.26. The molecule has 2 aromatic carbocycles. The quantitative estimate of drug-likeness (QED) is 0.337. The number of amides is 1. The Balaban J connectivity index is 1.82. The Labute approximate surface area is 188 Å². The molecule has 8 heteroatoms. The van der Waals surface area contributed by atoms with Crippen LogP contribution in [-0.4, -0.2) is 40.8 Å². The van der Waals surface area contributed by atoms with E-state index in [1.807, 2.05) is 42.5 Å². The van der Waals surface area contributed by atoms with Crippen molar-refractivity contribution in [3.63, 3.8) is 0 Å². The average molecular weight is 461 g/mol. The van der Waals surface area contributed by atoms with Gasteiger partial charge in [0.2, 0.25) is 5.91 Å². The molecule has 0 radical (unpaired) electrons. The number of thioether (sulfide) groups is 2. The Morgan fingerprint density at radius 2 is 1.93 bits per heavy atom. The number of hydrogen-bond donors (Lipinski definition) is 0. The van der Waals surface area contributed by atoms with Gasteiger partial charge in [0.25, 0.3) is 0 Å². The van der Waals surface area contributed by atoms with E-state index in [-0.39, 0.29) is 11.9 Å². The average Bonchev–Trinajstić information content (AvgIpc) is 3.09. The fourth-order valence-electron chi connectivity index (χ4n) is 2.83. The van der Waals surface area contributed by atoms with Gasteiger partial charge in [-0.05, 0) is 43.5 Å². The van der Waals surface area contributed by atoms with Crippen LogP contribution in [0.4, 0.5) is 0 Å². The third-order valence-corrected chi connectivity index (χ3v) is 6.91. The van der Waals surface area contributed by atoms with Crippen LogP contribution in [0.5, 0.6) is 0 Å². The minimum absolute atomic E-state index is 0.131. The number of ether oxygens (including phenoxy) is 1. The first-order valence-electron chi connectivity index (χ1n) is 9.67. The number of benzene rings is 2. The summed E-state index contributed by atoms with van der Waals surface area (Å²) in [7, 11) is 0. The summed E-state index contributed by atoms with van der Waals surface area (Å²) in [6.45, 7) is 2.88. The van der Waals surface area contributed by atoms with Crippen LogP contribution < -0.4 is 4.80 Å².